The van der Waals surface area contributed by atoms with Gasteiger partial charge >= 0.3 is 12.0 Å². The second kappa shape index (κ2) is 7.33. The fourth-order valence-electron chi connectivity index (χ4n) is 2.41. The number of hydrogen-bond donors (Lipinski definition) is 2. The lowest BCUT2D eigenvalue weighted by Gasteiger charge is -2.39. The molecule has 1 aliphatic heterocycles. The zero-order valence-corrected chi connectivity index (χ0v) is 11.8. The highest BCUT2D eigenvalue weighted by Gasteiger charge is 2.42. The lowest BCUT2D eigenvalue weighted by Crippen LogP contribution is -2.52. The van der Waals surface area contributed by atoms with Gasteiger partial charge in [-0.2, -0.15) is 0 Å². The van der Waals surface area contributed by atoms with E-state index in [0.29, 0.717) is 45.7 Å². The van der Waals surface area contributed by atoms with Gasteiger partial charge in [0.15, 0.2) is 0 Å². The number of aliphatic carboxylic acids is 1. The average molecular weight is 272 g/mol. The molecule has 0 aromatic heterocycles. The van der Waals surface area contributed by atoms with Crippen LogP contribution >= 0.6 is 0 Å². The van der Waals surface area contributed by atoms with Crippen LogP contribution in [0.25, 0.3) is 0 Å². The summed E-state index contributed by atoms with van der Waals surface area (Å²) in [6.07, 6.45) is 1.92. The molecule has 1 rings (SSSR count). The van der Waals surface area contributed by atoms with E-state index in [-0.39, 0.29) is 6.03 Å². The largest absolute Gasteiger partial charge is 0.481 e. The number of carboxylic acids is 1. The molecule has 0 radical (unpaired) electrons. The number of carbonyl (C=O) groups excluding carboxylic acids is 1. The highest BCUT2D eigenvalue weighted by molar-refractivity contribution is 5.78. The van der Waals surface area contributed by atoms with Crippen LogP contribution in [0.15, 0.2) is 0 Å². The van der Waals surface area contributed by atoms with E-state index in [1.165, 1.54) is 0 Å². The molecule has 110 valence electrons. The van der Waals surface area contributed by atoms with Crippen molar-refractivity contribution in [2.75, 3.05) is 32.8 Å². The Morgan fingerprint density at radius 3 is 2.74 bits per heavy atom. The molecule has 1 unspecified atom stereocenters. The summed E-state index contributed by atoms with van der Waals surface area (Å²) in [6.45, 7) is 6.23. The first-order chi connectivity index (χ1) is 9.05. The van der Waals surface area contributed by atoms with Gasteiger partial charge in [0.1, 0.15) is 0 Å². The normalized spacial score (nSPS) is 23.2. The first kappa shape index (κ1) is 15.8. The Bertz CT molecular complexity index is 322. The number of likely N-dealkylation sites (tertiary alicyclic amines) is 1. The first-order valence-electron chi connectivity index (χ1n) is 6.89. The van der Waals surface area contributed by atoms with Crippen LogP contribution < -0.4 is 5.32 Å². The number of rotatable bonds is 6. The highest BCUT2D eigenvalue weighted by atomic mass is 16.5. The Labute approximate surface area is 114 Å². The fourth-order valence-corrected chi connectivity index (χ4v) is 2.41. The van der Waals surface area contributed by atoms with Crippen molar-refractivity contribution in [2.24, 2.45) is 5.41 Å². The molecule has 1 saturated heterocycles. The first-order valence-corrected chi connectivity index (χ1v) is 6.89. The smallest absolute Gasteiger partial charge is 0.317 e. The molecular formula is C13H24N2O4. The second-order valence-corrected chi connectivity index (χ2v) is 4.89. The second-order valence-electron chi connectivity index (χ2n) is 4.89. The lowest BCUT2D eigenvalue weighted by molar-refractivity contribution is -0.152. The third-order valence-electron chi connectivity index (χ3n) is 3.72. The predicted molar refractivity (Wildman–Crippen MR) is 71.1 cm³/mol. The maximum Gasteiger partial charge on any atom is 0.317 e. The van der Waals surface area contributed by atoms with Crippen molar-refractivity contribution in [2.45, 2.75) is 33.1 Å². The summed E-state index contributed by atoms with van der Waals surface area (Å²) in [6, 6.07) is -0.196. The van der Waals surface area contributed by atoms with Crippen LogP contribution in [0.1, 0.15) is 33.1 Å². The molecule has 0 spiro atoms. The number of nitrogens with zero attached hydrogens (tertiary/aromatic N) is 1. The van der Waals surface area contributed by atoms with Crippen LogP contribution in [-0.2, 0) is 9.53 Å². The Kier molecular flexibility index (Phi) is 6.08. The van der Waals surface area contributed by atoms with E-state index in [1.807, 2.05) is 13.8 Å². The third kappa shape index (κ3) is 4.09. The van der Waals surface area contributed by atoms with Gasteiger partial charge in [-0.05, 0) is 26.2 Å². The van der Waals surface area contributed by atoms with E-state index in [1.54, 1.807) is 4.90 Å². The molecule has 2 amide bonds. The minimum Gasteiger partial charge on any atom is -0.481 e. The summed E-state index contributed by atoms with van der Waals surface area (Å²) in [5.41, 5.74) is -0.782. The Hall–Kier alpha value is -1.30. The van der Waals surface area contributed by atoms with E-state index < -0.39 is 11.4 Å². The molecule has 1 atom stereocenters. The number of carboxylic acid groups (broad SMARTS) is 1. The molecule has 0 aliphatic carbocycles. The van der Waals surface area contributed by atoms with Gasteiger partial charge in [0.25, 0.3) is 0 Å². The highest BCUT2D eigenvalue weighted by Crippen LogP contribution is 2.33. The molecule has 0 saturated carbocycles. The monoisotopic (exact) mass is 272 g/mol. The topological polar surface area (TPSA) is 78.9 Å². The number of hydrogen-bond acceptors (Lipinski definition) is 3. The SMILES string of the molecule is CCOCCNC(=O)N1CCCC(CC)(C(=O)O)C1. The standard InChI is InChI=1S/C13H24N2O4/c1-3-13(11(16)17)6-5-8-15(10-13)12(18)14-7-9-19-4-2/h3-10H2,1-2H3,(H,14,18)(H,16,17). The Balaban J connectivity index is 2.49. The van der Waals surface area contributed by atoms with Crippen LogP contribution in [-0.4, -0.2) is 54.9 Å². The van der Waals surface area contributed by atoms with Gasteiger partial charge in [-0.3, -0.25) is 4.79 Å². The summed E-state index contributed by atoms with van der Waals surface area (Å²) in [5.74, 6) is -0.804. The van der Waals surface area contributed by atoms with Crippen molar-refractivity contribution >= 4 is 12.0 Å². The van der Waals surface area contributed by atoms with Crippen LogP contribution in [0.3, 0.4) is 0 Å². The van der Waals surface area contributed by atoms with E-state index in [2.05, 4.69) is 5.32 Å². The maximum absolute atomic E-state index is 12.0. The molecule has 6 heteroatoms. The summed E-state index contributed by atoms with van der Waals surface area (Å²) in [4.78, 5) is 25.0. The molecule has 6 nitrogen and oxygen atoms in total. The summed E-state index contributed by atoms with van der Waals surface area (Å²) in [5, 5.41) is 12.1. The van der Waals surface area contributed by atoms with Crippen molar-refractivity contribution in [3.05, 3.63) is 0 Å². The average Bonchev–Trinajstić information content (AvgIpc) is 2.43. The predicted octanol–water partition coefficient (Wildman–Crippen LogP) is 1.31. The van der Waals surface area contributed by atoms with Gasteiger partial charge in [0, 0.05) is 26.2 Å². The van der Waals surface area contributed by atoms with E-state index in [4.69, 9.17) is 4.74 Å². The third-order valence-corrected chi connectivity index (χ3v) is 3.72. The van der Waals surface area contributed by atoms with E-state index in [9.17, 15) is 14.7 Å². The van der Waals surface area contributed by atoms with Crippen molar-refractivity contribution in [1.82, 2.24) is 10.2 Å². The lowest BCUT2D eigenvalue weighted by atomic mass is 9.78. The van der Waals surface area contributed by atoms with Crippen molar-refractivity contribution < 1.29 is 19.4 Å². The minimum atomic E-state index is -0.804. The number of piperidine rings is 1. The van der Waals surface area contributed by atoms with Crippen molar-refractivity contribution in [3.8, 4) is 0 Å². The fraction of sp³-hybridized carbons (Fsp3) is 0.846. The molecular weight excluding hydrogens is 248 g/mol. The summed E-state index contributed by atoms with van der Waals surface area (Å²) < 4.78 is 5.14. The Morgan fingerprint density at radius 1 is 1.42 bits per heavy atom. The van der Waals surface area contributed by atoms with Gasteiger partial charge in [0.2, 0.25) is 0 Å². The van der Waals surface area contributed by atoms with E-state index in [0.717, 1.165) is 6.42 Å². The molecule has 0 aromatic rings. The van der Waals surface area contributed by atoms with Gasteiger partial charge in [-0.15, -0.1) is 0 Å². The van der Waals surface area contributed by atoms with Crippen LogP contribution in [0.4, 0.5) is 4.79 Å². The number of amides is 2. The maximum atomic E-state index is 12.0. The number of ether oxygens (including phenoxy) is 1. The molecule has 0 bridgehead atoms. The van der Waals surface area contributed by atoms with Crippen LogP contribution in [0.2, 0.25) is 0 Å². The van der Waals surface area contributed by atoms with Gasteiger partial charge < -0.3 is 20.1 Å². The zero-order chi connectivity index (χ0) is 14.3. The quantitative estimate of drug-likeness (QED) is 0.715. The number of nitrogens with one attached hydrogen (secondary N) is 1. The van der Waals surface area contributed by atoms with Gasteiger partial charge in [-0.25, -0.2) is 4.79 Å². The van der Waals surface area contributed by atoms with Crippen LogP contribution in [0.5, 0.6) is 0 Å². The molecule has 1 aliphatic rings. The molecule has 0 aromatic carbocycles. The Morgan fingerprint density at radius 2 is 2.16 bits per heavy atom. The molecule has 2 N–H and O–H groups in total. The number of urea groups is 1. The van der Waals surface area contributed by atoms with Crippen molar-refractivity contribution in [1.29, 1.82) is 0 Å². The van der Waals surface area contributed by atoms with Crippen molar-refractivity contribution in [3.63, 3.8) is 0 Å². The molecule has 19 heavy (non-hydrogen) atoms. The van der Waals surface area contributed by atoms with Crippen LogP contribution in [0, 0.1) is 5.41 Å². The van der Waals surface area contributed by atoms with E-state index >= 15 is 0 Å². The zero-order valence-electron chi connectivity index (χ0n) is 11.8. The summed E-state index contributed by atoms with van der Waals surface area (Å²) >= 11 is 0. The minimum absolute atomic E-state index is 0.196. The molecule has 1 fully saturated rings. The van der Waals surface area contributed by atoms with Gasteiger partial charge in [0.05, 0.1) is 12.0 Å². The van der Waals surface area contributed by atoms with Gasteiger partial charge in [-0.1, -0.05) is 6.92 Å². The molecule has 1 heterocycles. The number of carbonyl (C=O) groups is 2. The summed E-state index contributed by atoms with van der Waals surface area (Å²) in [7, 11) is 0.